The molecule has 0 aromatic heterocycles. The van der Waals surface area contributed by atoms with E-state index in [1.54, 1.807) is 7.11 Å². The maximum absolute atomic E-state index is 12.9. The van der Waals surface area contributed by atoms with E-state index < -0.39 is 27.0 Å². The number of anilines is 1. The summed E-state index contributed by atoms with van der Waals surface area (Å²) in [5.41, 5.74) is -0.0490. The number of methoxy groups -OCH3 is 1. The lowest BCUT2D eigenvalue weighted by molar-refractivity contribution is -0.134. The first-order valence-electron chi connectivity index (χ1n) is 8.82. The fourth-order valence-corrected chi connectivity index (χ4v) is 3.73. The number of hydrogen-bond acceptors (Lipinski definition) is 6. The topological polar surface area (TPSA) is 105 Å². The molecule has 0 unspecified atom stereocenters. The molecule has 0 spiro atoms. The number of para-hydroxylation sites is 1. The van der Waals surface area contributed by atoms with Gasteiger partial charge in [-0.25, -0.2) is 8.42 Å². The number of carbonyl (C=O) groups is 2. The van der Waals surface area contributed by atoms with Crippen LogP contribution in [0.4, 0.5) is 5.69 Å². The number of likely N-dealkylation sites (tertiary alicyclic amines) is 1. The van der Waals surface area contributed by atoms with Gasteiger partial charge in [-0.1, -0.05) is 18.2 Å². The van der Waals surface area contributed by atoms with Crippen LogP contribution in [0.2, 0.25) is 0 Å². The predicted octanol–water partition coefficient (Wildman–Crippen LogP) is 0.267. The fourth-order valence-electron chi connectivity index (χ4n) is 3.10. The number of piperidine rings is 1. The Morgan fingerprint density at radius 1 is 1.19 bits per heavy atom. The minimum absolute atomic E-state index is 0.154. The maximum Gasteiger partial charge on any atom is 0.245 e. The molecular weight excluding hydrogens is 370 g/mol. The number of hydrogen-bond donors (Lipinski definition) is 2. The van der Waals surface area contributed by atoms with Crippen LogP contribution in [0.25, 0.3) is 0 Å². The van der Waals surface area contributed by atoms with Gasteiger partial charge in [0.1, 0.15) is 11.3 Å². The predicted molar refractivity (Wildman–Crippen MR) is 103 cm³/mol. The zero-order valence-electron chi connectivity index (χ0n) is 15.7. The van der Waals surface area contributed by atoms with Crippen LogP contribution in [0.5, 0.6) is 0 Å². The molecule has 0 saturated carbocycles. The van der Waals surface area contributed by atoms with Crippen molar-refractivity contribution in [3.63, 3.8) is 0 Å². The normalized spacial score (nSPS) is 16.6. The highest BCUT2D eigenvalue weighted by Gasteiger charge is 2.42. The first kappa shape index (κ1) is 21.2. The maximum atomic E-state index is 12.9. The summed E-state index contributed by atoms with van der Waals surface area (Å²) in [6, 6.07) is 9.41. The van der Waals surface area contributed by atoms with Gasteiger partial charge in [0.05, 0.1) is 6.61 Å². The third-order valence-electron chi connectivity index (χ3n) is 4.54. The molecule has 0 aliphatic carbocycles. The molecule has 0 atom stereocenters. The number of rotatable bonds is 8. The second-order valence-corrected chi connectivity index (χ2v) is 8.91. The molecule has 1 aliphatic rings. The summed E-state index contributed by atoms with van der Waals surface area (Å²) in [7, 11) is -1.82. The second kappa shape index (κ2) is 9.18. The summed E-state index contributed by atoms with van der Waals surface area (Å²) in [5.74, 6) is -1.09. The molecule has 2 rings (SSSR count). The van der Waals surface area contributed by atoms with Crippen LogP contribution in [0.3, 0.4) is 0 Å². The van der Waals surface area contributed by atoms with E-state index in [1.807, 2.05) is 30.3 Å². The van der Waals surface area contributed by atoms with Gasteiger partial charge in [0.15, 0.2) is 9.84 Å². The van der Waals surface area contributed by atoms with E-state index in [-0.39, 0.29) is 5.91 Å². The Morgan fingerprint density at radius 3 is 2.37 bits per heavy atom. The SMILES string of the molecule is COCCNC(=O)C1(Nc2ccccc2)CCN(C(=O)CS(C)(=O)=O)CC1. The third kappa shape index (κ3) is 6.21. The van der Waals surface area contributed by atoms with E-state index in [0.29, 0.717) is 39.1 Å². The monoisotopic (exact) mass is 397 g/mol. The highest BCUT2D eigenvalue weighted by Crippen LogP contribution is 2.28. The first-order valence-corrected chi connectivity index (χ1v) is 10.9. The minimum atomic E-state index is -3.38. The molecule has 2 amide bonds. The molecule has 2 N–H and O–H groups in total. The fraction of sp³-hybridized carbons (Fsp3) is 0.556. The molecule has 150 valence electrons. The summed E-state index contributed by atoms with van der Waals surface area (Å²) in [6.45, 7) is 1.42. The summed E-state index contributed by atoms with van der Waals surface area (Å²) < 4.78 is 27.7. The number of amides is 2. The highest BCUT2D eigenvalue weighted by atomic mass is 32.2. The van der Waals surface area contributed by atoms with Gasteiger partial charge in [-0.2, -0.15) is 0 Å². The van der Waals surface area contributed by atoms with Gasteiger partial charge in [0, 0.05) is 38.7 Å². The zero-order chi connectivity index (χ0) is 19.9. The molecule has 0 bridgehead atoms. The number of sulfone groups is 1. The van der Waals surface area contributed by atoms with Gasteiger partial charge in [-0.05, 0) is 25.0 Å². The first-order chi connectivity index (χ1) is 12.8. The molecule has 1 aromatic carbocycles. The average Bonchev–Trinajstić information content (AvgIpc) is 2.62. The van der Waals surface area contributed by atoms with Crippen molar-refractivity contribution in [3.05, 3.63) is 30.3 Å². The van der Waals surface area contributed by atoms with Crippen molar-refractivity contribution in [2.75, 3.05) is 50.7 Å². The summed E-state index contributed by atoms with van der Waals surface area (Å²) in [6.07, 6.45) is 1.81. The average molecular weight is 397 g/mol. The van der Waals surface area contributed by atoms with Crippen molar-refractivity contribution in [1.82, 2.24) is 10.2 Å². The summed E-state index contributed by atoms with van der Waals surface area (Å²) >= 11 is 0. The second-order valence-electron chi connectivity index (χ2n) is 6.77. The van der Waals surface area contributed by atoms with Crippen molar-refractivity contribution >= 4 is 27.3 Å². The third-order valence-corrected chi connectivity index (χ3v) is 5.31. The Labute approximate surface area is 160 Å². The van der Waals surface area contributed by atoms with Crippen LogP contribution < -0.4 is 10.6 Å². The van der Waals surface area contributed by atoms with Gasteiger partial charge in [-0.15, -0.1) is 0 Å². The van der Waals surface area contributed by atoms with Crippen LogP contribution in [-0.2, 0) is 24.2 Å². The Kier molecular flexibility index (Phi) is 7.20. The van der Waals surface area contributed by atoms with Gasteiger partial charge >= 0.3 is 0 Å². The van der Waals surface area contributed by atoms with Crippen molar-refractivity contribution < 1.29 is 22.7 Å². The Hall–Kier alpha value is -2.13. The molecule has 1 saturated heterocycles. The molecule has 1 fully saturated rings. The van der Waals surface area contributed by atoms with E-state index in [0.717, 1.165) is 11.9 Å². The van der Waals surface area contributed by atoms with E-state index in [1.165, 1.54) is 4.90 Å². The molecule has 27 heavy (non-hydrogen) atoms. The Bertz CT molecular complexity index is 744. The van der Waals surface area contributed by atoms with Crippen molar-refractivity contribution in [3.8, 4) is 0 Å². The van der Waals surface area contributed by atoms with Crippen molar-refractivity contribution in [2.24, 2.45) is 0 Å². The van der Waals surface area contributed by atoms with Crippen LogP contribution >= 0.6 is 0 Å². The quantitative estimate of drug-likeness (QED) is 0.610. The Morgan fingerprint density at radius 2 is 1.81 bits per heavy atom. The number of ether oxygens (including phenoxy) is 1. The largest absolute Gasteiger partial charge is 0.383 e. The number of benzene rings is 1. The highest BCUT2D eigenvalue weighted by molar-refractivity contribution is 7.91. The van der Waals surface area contributed by atoms with E-state index >= 15 is 0 Å². The molecule has 8 nitrogen and oxygen atoms in total. The van der Waals surface area contributed by atoms with E-state index in [9.17, 15) is 18.0 Å². The van der Waals surface area contributed by atoms with Gasteiger partial charge in [0.2, 0.25) is 11.8 Å². The Balaban J connectivity index is 2.10. The van der Waals surface area contributed by atoms with Crippen molar-refractivity contribution in [1.29, 1.82) is 0 Å². The van der Waals surface area contributed by atoms with Crippen LogP contribution in [-0.4, -0.2) is 76.0 Å². The van der Waals surface area contributed by atoms with E-state index in [4.69, 9.17) is 4.74 Å². The standard InChI is InChI=1S/C18H27N3O5S/c1-26-13-10-19-17(23)18(20-15-6-4-3-5-7-15)8-11-21(12-9-18)16(22)14-27(2,24)25/h3-7,20H,8-14H2,1-2H3,(H,19,23). The lowest BCUT2D eigenvalue weighted by Crippen LogP contribution is -2.59. The van der Waals surface area contributed by atoms with Crippen LogP contribution in [0, 0.1) is 0 Å². The molecule has 1 aliphatic heterocycles. The lowest BCUT2D eigenvalue weighted by Gasteiger charge is -2.41. The smallest absolute Gasteiger partial charge is 0.245 e. The summed E-state index contributed by atoms with van der Waals surface area (Å²) in [5, 5.41) is 6.19. The van der Waals surface area contributed by atoms with Crippen LogP contribution in [0.1, 0.15) is 12.8 Å². The molecule has 1 aromatic rings. The molecule has 1 heterocycles. The van der Waals surface area contributed by atoms with Crippen LogP contribution in [0.15, 0.2) is 30.3 Å². The number of carbonyl (C=O) groups excluding carboxylic acids is 2. The van der Waals surface area contributed by atoms with Gasteiger partial charge < -0.3 is 20.3 Å². The molecule has 9 heteroatoms. The zero-order valence-corrected chi connectivity index (χ0v) is 16.5. The minimum Gasteiger partial charge on any atom is -0.383 e. The van der Waals surface area contributed by atoms with Gasteiger partial charge in [-0.3, -0.25) is 9.59 Å². The number of nitrogens with zero attached hydrogens (tertiary/aromatic N) is 1. The summed E-state index contributed by atoms with van der Waals surface area (Å²) in [4.78, 5) is 26.6. The molecular formula is C18H27N3O5S. The molecule has 0 radical (unpaired) electrons. The van der Waals surface area contributed by atoms with Crippen molar-refractivity contribution in [2.45, 2.75) is 18.4 Å². The number of nitrogens with one attached hydrogen (secondary N) is 2. The lowest BCUT2D eigenvalue weighted by atomic mass is 9.86. The van der Waals surface area contributed by atoms with E-state index in [2.05, 4.69) is 10.6 Å². The van der Waals surface area contributed by atoms with Gasteiger partial charge in [0.25, 0.3) is 0 Å².